The summed E-state index contributed by atoms with van der Waals surface area (Å²) in [6, 6.07) is 11.7. The van der Waals surface area contributed by atoms with Crippen molar-refractivity contribution < 1.29 is 4.79 Å². The van der Waals surface area contributed by atoms with E-state index >= 15 is 0 Å². The summed E-state index contributed by atoms with van der Waals surface area (Å²) in [7, 11) is 1.79. The predicted octanol–water partition coefficient (Wildman–Crippen LogP) is 2.50. The summed E-state index contributed by atoms with van der Waals surface area (Å²) in [5.74, 6) is 0.414. The summed E-state index contributed by atoms with van der Waals surface area (Å²) in [6.45, 7) is 1.76. The van der Waals surface area contributed by atoms with E-state index in [1.807, 2.05) is 36.4 Å². The van der Waals surface area contributed by atoms with Gasteiger partial charge in [0.15, 0.2) is 0 Å². The van der Waals surface area contributed by atoms with Crippen LogP contribution in [0.25, 0.3) is 11.3 Å². The highest BCUT2D eigenvalue weighted by atomic mass is 32.1. The zero-order valence-electron chi connectivity index (χ0n) is 11.6. The van der Waals surface area contributed by atoms with Crippen LogP contribution in [0.3, 0.4) is 0 Å². The quantitative estimate of drug-likeness (QED) is 0.806. The zero-order valence-corrected chi connectivity index (χ0v) is 12.4. The minimum absolute atomic E-state index is 0.217. The van der Waals surface area contributed by atoms with Crippen molar-refractivity contribution in [2.45, 2.75) is 6.92 Å². The van der Waals surface area contributed by atoms with Crippen molar-refractivity contribution in [2.75, 3.05) is 5.32 Å². The fourth-order valence-electron chi connectivity index (χ4n) is 1.95. The van der Waals surface area contributed by atoms with E-state index in [1.165, 1.54) is 0 Å². The van der Waals surface area contributed by atoms with Crippen molar-refractivity contribution in [1.29, 1.82) is 0 Å². The first-order valence-corrected chi connectivity index (χ1v) is 7.12. The van der Waals surface area contributed by atoms with Crippen molar-refractivity contribution in [3.05, 3.63) is 47.0 Å². The van der Waals surface area contributed by atoms with Gasteiger partial charge in [0.2, 0.25) is 0 Å². The van der Waals surface area contributed by atoms with E-state index in [1.54, 1.807) is 18.7 Å². The smallest absolute Gasteiger partial charge is 0.270 e. The normalized spacial score (nSPS) is 10.6. The number of carbonyl (C=O) groups excluding carboxylic acids is 1. The Morgan fingerprint density at radius 1 is 1.29 bits per heavy atom. The lowest BCUT2D eigenvalue weighted by molar-refractivity contribution is 0.102. The molecule has 0 aliphatic carbocycles. The van der Waals surface area contributed by atoms with Crippen LogP contribution in [0.2, 0.25) is 0 Å². The van der Waals surface area contributed by atoms with Gasteiger partial charge in [-0.2, -0.15) is 5.10 Å². The maximum absolute atomic E-state index is 12.2. The standard InChI is InChI=1S/C14H13N5OS/c1-9-13(21-18-16-9)14(20)15-12-8-11(17-19(12)2)10-6-4-3-5-7-10/h3-8H,1-2H3,(H,15,20). The van der Waals surface area contributed by atoms with Gasteiger partial charge in [0, 0.05) is 18.7 Å². The molecule has 0 saturated heterocycles. The molecule has 106 valence electrons. The van der Waals surface area contributed by atoms with Crippen LogP contribution in [0.4, 0.5) is 5.82 Å². The number of aromatic nitrogens is 4. The Balaban J connectivity index is 1.86. The molecule has 7 heteroatoms. The molecule has 1 amide bonds. The molecule has 6 nitrogen and oxygen atoms in total. The Morgan fingerprint density at radius 2 is 2.05 bits per heavy atom. The maximum Gasteiger partial charge on any atom is 0.270 e. The number of benzene rings is 1. The van der Waals surface area contributed by atoms with Crippen LogP contribution in [0.15, 0.2) is 36.4 Å². The summed E-state index contributed by atoms with van der Waals surface area (Å²) >= 11 is 1.08. The molecule has 0 fully saturated rings. The molecule has 0 atom stereocenters. The average molecular weight is 299 g/mol. The number of hydrogen-bond donors (Lipinski definition) is 1. The molecule has 21 heavy (non-hydrogen) atoms. The second-order valence-corrected chi connectivity index (χ2v) is 5.30. The second kappa shape index (κ2) is 5.45. The number of hydrogen-bond acceptors (Lipinski definition) is 5. The van der Waals surface area contributed by atoms with Gasteiger partial charge in [0.05, 0.1) is 11.4 Å². The third-order valence-corrected chi connectivity index (χ3v) is 3.88. The third-order valence-electron chi connectivity index (χ3n) is 3.05. The number of carbonyl (C=O) groups is 1. The Kier molecular flexibility index (Phi) is 3.49. The molecule has 1 aromatic carbocycles. The Morgan fingerprint density at radius 3 is 2.71 bits per heavy atom. The highest BCUT2D eigenvalue weighted by Crippen LogP contribution is 2.21. The maximum atomic E-state index is 12.2. The van der Waals surface area contributed by atoms with Gasteiger partial charge in [-0.15, -0.1) is 5.10 Å². The number of rotatable bonds is 3. The van der Waals surface area contributed by atoms with E-state index in [4.69, 9.17) is 0 Å². The Labute approximate surface area is 125 Å². The second-order valence-electron chi connectivity index (χ2n) is 4.55. The minimum atomic E-state index is -0.217. The van der Waals surface area contributed by atoms with Gasteiger partial charge in [-0.3, -0.25) is 9.48 Å². The number of nitrogens with one attached hydrogen (secondary N) is 1. The van der Waals surface area contributed by atoms with E-state index in [0.29, 0.717) is 16.4 Å². The highest BCUT2D eigenvalue weighted by molar-refractivity contribution is 7.08. The predicted molar refractivity (Wildman–Crippen MR) is 81.2 cm³/mol. The molecule has 3 aromatic rings. The van der Waals surface area contributed by atoms with Gasteiger partial charge >= 0.3 is 0 Å². The summed E-state index contributed by atoms with van der Waals surface area (Å²) in [5.41, 5.74) is 2.44. The fourth-order valence-corrected chi connectivity index (χ4v) is 2.50. The van der Waals surface area contributed by atoms with Crippen LogP contribution in [-0.4, -0.2) is 25.3 Å². The van der Waals surface area contributed by atoms with Crippen molar-refractivity contribution >= 4 is 23.3 Å². The van der Waals surface area contributed by atoms with Crippen molar-refractivity contribution in [3.63, 3.8) is 0 Å². The number of aryl methyl sites for hydroxylation is 2. The molecule has 0 unspecified atom stereocenters. The van der Waals surface area contributed by atoms with E-state index < -0.39 is 0 Å². The van der Waals surface area contributed by atoms with Crippen molar-refractivity contribution in [3.8, 4) is 11.3 Å². The van der Waals surface area contributed by atoms with Crippen LogP contribution in [-0.2, 0) is 7.05 Å². The molecule has 2 aromatic heterocycles. The van der Waals surface area contributed by atoms with Gasteiger partial charge in [-0.25, -0.2) is 0 Å². The summed E-state index contributed by atoms with van der Waals surface area (Å²) in [4.78, 5) is 12.7. The molecular formula is C14H13N5OS. The van der Waals surface area contributed by atoms with Gasteiger partial charge in [-0.1, -0.05) is 34.8 Å². The summed E-state index contributed by atoms with van der Waals surface area (Å²) < 4.78 is 5.41. The Bertz CT molecular complexity index is 778. The molecule has 0 radical (unpaired) electrons. The highest BCUT2D eigenvalue weighted by Gasteiger charge is 2.16. The molecule has 0 aliphatic rings. The largest absolute Gasteiger partial charge is 0.306 e. The molecule has 0 bridgehead atoms. The van der Waals surface area contributed by atoms with E-state index in [9.17, 15) is 4.79 Å². The first kappa shape index (κ1) is 13.4. The molecule has 0 aliphatic heterocycles. The van der Waals surface area contributed by atoms with Crippen LogP contribution in [0.1, 0.15) is 15.4 Å². The lowest BCUT2D eigenvalue weighted by Crippen LogP contribution is -2.14. The molecular weight excluding hydrogens is 286 g/mol. The summed E-state index contributed by atoms with van der Waals surface area (Å²) in [6.07, 6.45) is 0. The fraction of sp³-hybridized carbons (Fsp3) is 0.143. The Hall–Kier alpha value is -2.54. The topological polar surface area (TPSA) is 72.7 Å². The zero-order chi connectivity index (χ0) is 14.8. The van der Waals surface area contributed by atoms with Crippen molar-refractivity contribution in [1.82, 2.24) is 19.4 Å². The molecule has 3 rings (SSSR count). The monoisotopic (exact) mass is 299 g/mol. The van der Waals surface area contributed by atoms with E-state index in [2.05, 4.69) is 20.0 Å². The van der Waals surface area contributed by atoms with Gasteiger partial charge in [0.25, 0.3) is 5.91 Å². The van der Waals surface area contributed by atoms with Gasteiger partial charge in [-0.05, 0) is 18.5 Å². The van der Waals surface area contributed by atoms with Crippen LogP contribution >= 0.6 is 11.5 Å². The molecule has 0 saturated carbocycles. The van der Waals surface area contributed by atoms with Crippen LogP contribution < -0.4 is 5.32 Å². The van der Waals surface area contributed by atoms with Gasteiger partial charge < -0.3 is 5.32 Å². The molecule has 0 spiro atoms. The average Bonchev–Trinajstić information content (AvgIpc) is 3.07. The van der Waals surface area contributed by atoms with E-state index in [-0.39, 0.29) is 5.91 Å². The third kappa shape index (κ3) is 2.68. The minimum Gasteiger partial charge on any atom is -0.306 e. The number of nitrogens with zero attached hydrogens (tertiary/aromatic N) is 4. The first-order chi connectivity index (χ1) is 10.1. The lowest BCUT2D eigenvalue weighted by atomic mass is 10.1. The SMILES string of the molecule is Cc1nnsc1C(=O)Nc1cc(-c2ccccc2)nn1C. The first-order valence-electron chi connectivity index (χ1n) is 6.35. The number of amides is 1. The molecule has 1 N–H and O–H groups in total. The van der Waals surface area contributed by atoms with Crippen molar-refractivity contribution in [2.24, 2.45) is 7.05 Å². The number of anilines is 1. The van der Waals surface area contributed by atoms with Gasteiger partial charge in [0.1, 0.15) is 10.7 Å². The van der Waals surface area contributed by atoms with Crippen LogP contribution in [0.5, 0.6) is 0 Å². The van der Waals surface area contributed by atoms with E-state index in [0.717, 1.165) is 22.8 Å². The molecule has 2 heterocycles. The lowest BCUT2D eigenvalue weighted by Gasteiger charge is -2.02. The van der Waals surface area contributed by atoms with Crippen LogP contribution in [0, 0.1) is 6.92 Å². The summed E-state index contributed by atoms with van der Waals surface area (Å²) in [5, 5.41) is 11.1.